The van der Waals surface area contributed by atoms with Crippen LogP contribution in [0.1, 0.15) is 5.56 Å². The summed E-state index contributed by atoms with van der Waals surface area (Å²) in [5.74, 6) is -1.49. The number of esters is 1. The molecule has 0 bridgehead atoms. The van der Waals surface area contributed by atoms with Gasteiger partial charge in [0.15, 0.2) is 5.81 Å². The third-order valence-electron chi connectivity index (χ3n) is 1.82. The van der Waals surface area contributed by atoms with E-state index in [1.807, 2.05) is 6.07 Å². The van der Waals surface area contributed by atoms with Crippen LogP contribution in [0.3, 0.4) is 0 Å². The molecule has 2 radical (unpaired) electrons. The van der Waals surface area contributed by atoms with Crippen molar-refractivity contribution in [2.24, 2.45) is 0 Å². The average molecular weight is 294 g/mol. The molecule has 0 aliphatic rings. The molecular weight excluding hydrogens is 285 g/mol. The van der Waals surface area contributed by atoms with E-state index >= 15 is 0 Å². The van der Waals surface area contributed by atoms with Crippen molar-refractivity contribution in [2.75, 3.05) is 7.11 Å². The number of hydrogen-bond donors (Lipinski definition) is 1. The highest BCUT2D eigenvalue weighted by Gasteiger charge is 2.10. The van der Waals surface area contributed by atoms with Crippen molar-refractivity contribution in [2.45, 2.75) is 0 Å². The van der Waals surface area contributed by atoms with Crippen molar-refractivity contribution in [1.82, 2.24) is 5.32 Å². The molecule has 17 heavy (non-hydrogen) atoms. The molecule has 0 fully saturated rings. The van der Waals surface area contributed by atoms with E-state index in [1.165, 1.54) is 13.2 Å². The summed E-state index contributed by atoms with van der Waals surface area (Å²) in [7, 11) is 6.18. The van der Waals surface area contributed by atoms with Gasteiger partial charge in [-0.1, -0.05) is 28.1 Å². The summed E-state index contributed by atoms with van der Waals surface area (Å²) >= 11 is 3.30. The van der Waals surface area contributed by atoms with Gasteiger partial charge in [-0.25, -0.2) is 4.79 Å². The Morgan fingerprint density at radius 3 is 2.71 bits per heavy atom. The molecule has 1 N–H and O–H groups in total. The van der Waals surface area contributed by atoms with Crippen molar-refractivity contribution < 1.29 is 14.3 Å². The predicted molar refractivity (Wildman–Crippen MR) is 68.4 cm³/mol. The highest BCUT2D eigenvalue weighted by atomic mass is 79.9. The number of carbonyl (C=O) groups is 2. The van der Waals surface area contributed by atoms with Gasteiger partial charge in [0, 0.05) is 4.47 Å². The van der Waals surface area contributed by atoms with Gasteiger partial charge in [-0.05, 0) is 23.8 Å². The highest BCUT2D eigenvalue weighted by Crippen LogP contribution is 2.14. The van der Waals surface area contributed by atoms with Crippen LogP contribution in [-0.2, 0) is 9.53 Å². The lowest BCUT2D eigenvalue weighted by atomic mass is 10.1. The monoisotopic (exact) mass is 293 g/mol. The minimum absolute atomic E-state index is 0.0156. The topological polar surface area (TPSA) is 55.4 Å². The molecule has 0 unspecified atom stereocenters. The number of halogens is 1. The maximum Gasteiger partial charge on any atom is 0.354 e. The Morgan fingerprint density at radius 1 is 1.47 bits per heavy atom. The molecule has 0 aromatic heterocycles. The Labute approximate surface area is 109 Å². The minimum Gasteiger partial charge on any atom is -0.464 e. The molecule has 0 aliphatic heterocycles. The second-order valence-corrected chi connectivity index (χ2v) is 4.01. The van der Waals surface area contributed by atoms with Gasteiger partial charge in [0.1, 0.15) is 5.70 Å². The molecule has 1 amide bonds. The van der Waals surface area contributed by atoms with E-state index in [-0.39, 0.29) is 5.70 Å². The van der Waals surface area contributed by atoms with Gasteiger partial charge in [0.05, 0.1) is 7.11 Å². The van der Waals surface area contributed by atoms with Crippen LogP contribution in [0.25, 0.3) is 6.08 Å². The number of benzene rings is 1. The van der Waals surface area contributed by atoms with Gasteiger partial charge in [0.25, 0.3) is 0 Å². The number of amides is 1. The fourth-order valence-electron chi connectivity index (χ4n) is 1.15. The number of nitrogens with one attached hydrogen (secondary N) is 1. The fourth-order valence-corrected chi connectivity index (χ4v) is 1.57. The van der Waals surface area contributed by atoms with Crippen molar-refractivity contribution >= 4 is 41.6 Å². The van der Waals surface area contributed by atoms with Crippen LogP contribution in [0.4, 0.5) is 4.79 Å². The first-order valence-electron chi connectivity index (χ1n) is 4.65. The Bertz CT molecular complexity index is 474. The van der Waals surface area contributed by atoms with Crippen molar-refractivity contribution in [3.63, 3.8) is 0 Å². The van der Waals surface area contributed by atoms with Gasteiger partial charge in [0.2, 0.25) is 7.85 Å². The summed E-state index contributed by atoms with van der Waals surface area (Å²) in [5.41, 5.74) is 0.714. The van der Waals surface area contributed by atoms with Gasteiger partial charge < -0.3 is 10.1 Å². The number of ether oxygens (including phenoxy) is 1. The van der Waals surface area contributed by atoms with Crippen LogP contribution in [-0.4, -0.2) is 26.7 Å². The van der Waals surface area contributed by atoms with Gasteiger partial charge in [-0.15, -0.1) is 0 Å². The zero-order valence-electron chi connectivity index (χ0n) is 9.07. The van der Waals surface area contributed by atoms with E-state index in [4.69, 9.17) is 7.85 Å². The smallest absolute Gasteiger partial charge is 0.354 e. The Hall–Kier alpha value is -1.56. The molecule has 1 aromatic carbocycles. The van der Waals surface area contributed by atoms with E-state index in [1.54, 1.807) is 18.2 Å². The lowest BCUT2D eigenvalue weighted by Crippen LogP contribution is -2.26. The number of hydrogen-bond acceptors (Lipinski definition) is 3. The van der Waals surface area contributed by atoms with E-state index < -0.39 is 11.8 Å². The number of methoxy groups -OCH3 is 1. The maximum absolute atomic E-state index is 11.4. The second-order valence-electron chi connectivity index (χ2n) is 3.09. The molecule has 0 heterocycles. The van der Waals surface area contributed by atoms with Crippen LogP contribution in [0.15, 0.2) is 34.4 Å². The molecule has 1 rings (SSSR count). The molecule has 0 saturated heterocycles. The molecule has 0 spiro atoms. The lowest BCUT2D eigenvalue weighted by Gasteiger charge is -2.06. The molecule has 6 heteroatoms. The summed E-state index contributed by atoms with van der Waals surface area (Å²) < 4.78 is 5.38. The fraction of sp³-hybridized carbons (Fsp3) is 0.0909. The van der Waals surface area contributed by atoms with Gasteiger partial charge >= 0.3 is 5.97 Å². The quantitative estimate of drug-likeness (QED) is 0.526. The first kappa shape index (κ1) is 13.5. The lowest BCUT2D eigenvalue weighted by molar-refractivity contribution is -0.136. The average Bonchev–Trinajstić information content (AvgIpc) is 2.26. The van der Waals surface area contributed by atoms with Crippen LogP contribution >= 0.6 is 15.9 Å². The molecule has 0 saturated carbocycles. The van der Waals surface area contributed by atoms with E-state index in [2.05, 4.69) is 26.0 Å². The third-order valence-corrected chi connectivity index (χ3v) is 2.32. The summed E-state index contributed by atoms with van der Waals surface area (Å²) in [6.07, 6.45) is 1.47. The summed E-state index contributed by atoms with van der Waals surface area (Å²) in [4.78, 5) is 22.1. The third kappa shape index (κ3) is 4.44. The first-order chi connectivity index (χ1) is 8.02. The Morgan fingerprint density at radius 2 is 2.18 bits per heavy atom. The van der Waals surface area contributed by atoms with Gasteiger partial charge in [-0.2, -0.15) is 0 Å². The van der Waals surface area contributed by atoms with Crippen molar-refractivity contribution in [3.05, 3.63) is 40.0 Å². The van der Waals surface area contributed by atoms with Gasteiger partial charge in [-0.3, -0.25) is 4.79 Å². The van der Waals surface area contributed by atoms with Crippen molar-refractivity contribution in [1.29, 1.82) is 0 Å². The van der Waals surface area contributed by atoms with Crippen LogP contribution in [0.2, 0.25) is 0 Å². The molecule has 0 aliphatic carbocycles. The second kappa shape index (κ2) is 6.25. The zero-order valence-corrected chi connectivity index (χ0v) is 10.7. The van der Waals surface area contributed by atoms with Crippen LogP contribution in [0, 0.1) is 0 Å². The standard InChI is InChI=1S/C11H9BBrNO3/c1-17-10(15)9(14-11(12)16)6-7-3-2-4-8(13)5-7/h2-6H,1H3,(H,14,16)/b9-6+. The maximum atomic E-state index is 11.4. The number of carbonyl (C=O) groups excluding carboxylic acids is 2. The molecule has 1 aromatic rings. The van der Waals surface area contributed by atoms with Crippen molar-refractivity contribution in [3.8, 4) is 0 Å². The first-order valence-corrected chi connectivity index (χ1v) is 5.44. The normalized spacial score (nSPS) is 10.8. The zero-order chi connectivity index (χ0) is 12.8. The summed E-state index contributed by atoms with van der Waals surface area (Å²) in [6.45, 7) is 0. The SMILES string of the molecule is [B]C(=O)N/C(=C/c1cccc(Br)c1)C(=O)OC. The predicted octanol–water partition coefficient (Wildman–Crippen LogP) is 1.84. The minimum atomic E-state index is -0.823. The summed E-state index contributed by atoms with van der Waals surface area (Å²) in [5, 5.41) is 2.21. The Balaban J connectivity index is 3.04. The summed E-state index contributed by atoms with van der Waals surface area (Å²) in [6, 6.07) is 7.20. The molecular formula is C11H9BBrNO3. The largest absolute Gasteiger partial charge is 0.464 e. The molecule has 0 atom stereocenters. The van der Waals surface area contributed by atoms with E-state index in [0.29, 0.717) is 0 Å². The number of rotatable bonds is 3. The van der Waals surface area contributed by atoms with E-state index in [9.17, 15) is 9.59 Å². The van der Waals surface area contributed by atoms with Crippen LogP contribution in [0.5, 0.6) is 0 Å². The molecule has 4 nitrogen and oxygen atoms in total. The van der Waals surface area contributed by atoms with Crippen LogP contribution < -0.4 is 5.32 Å². The highest BCUT2D eigenvalue weighted by molar-refractivity contribution is 9.10. The Kier molecular flexibility index (Phi) is 4.96. The van der Waals surface area contributed by atoms with E-state index in [0.717, 1.165) is 10.0 Å². The molecule has 86 valence electrons.